The minimum absolute atomic E-state index is 0.0790. The highest BCUT2D eigenvalue weighted by Crippen LogP contribution is 2.37. The average molecular weight is 534 g/mol. The molecule has 1 N–H and O–H groups in total. The number of rotatable bonds is 11. The molecular weight excluding hydrogens is 506 g/mol. The van der Waals surface area contributed by atoms with Crippen LogP contribution in [0.1, 0.15) is 5.56 Å². The van der Waals surface area contributed by atoms with E-state index in [1.807, 2.05) is 59.2 Å². The Morgan fingerprint density at radius 3 is 2.21 bits per heavy atom. The van der Waals surface area contributed by atoms with Gasteiger partial charge in [0.05, 0.1) is 40.4 Å². The van der Waals surface area contributed by atoms with Crippen molar-refractivity contribution in [3.8, 4) is 40.1 Å². The number of nitrogens with one attached hydrogen (secondary N) is 1. The van der Waals surface area contributed by atoms with E-state index >= 15 is 0 Å². The first kappa shape index (κ1) is 26.6. The zero-order valence-corrected chi connectivity index (χ0v) is 22.2. The van der Waals surface area contributed by atoms with Crippen molar-refractivity contribution in [1.82, 2.24) is 20.2 Å². The highest BCUT2D eigenvalue weighted by atomic mass is 32.2. The maximum absolute atomic E-state index is 12.6. The normalized spacial score (nSPS) is 10.8. The summed E-state index contributed by atoms with van der Waals surface area (Å²) in [4.78, 5) is 12.6. The number of hydrazone groups is 1. The van der Waals surface area contributed by atoms with Gasteiger partial charge in [-0.1, -0.05) is 42.1 Å². The van der Waals surface area contributed by atoms with Gasteiger partial charge in [-0.2, -0.15) is 5.10 Å². The molecular formula is C27H27N5O5S. The summed E-state index contributed by atoms with van der Waals surface area (Å²) in [5, 5.41) is 13.4. The van der Waals surface area contributed by atoms with Gasteiger partial charge < -0.3 is 18.9 Å². The number of hydrogen-bond donors (Lipinski definition) is 1. The second-order valence-electron chi connectivity index (χ2n) is 7.75. The van der Waals surface area contributed by atoms with E-state index in [1.54, 1.807) is 19.2 Å². The van der Waals surface area contributed by atoms with Crippen molar-refractivity contribution >= 4 is 23.9 Å². The number of amides is 1. The fraction of sp³-hybridized carbons (Fsp3) is 0.185. The first-order valence-electron chi connectivity index (χ1n) is 11.5. The summed E-state index contributed by atoms with van der Waals surface area (Å²) in [5.74, 6) is 2.63. The maximum Gasteiger partial charge on any atom is 0.250 e. The molecule has 4 rings (SSSR count). The minimum Gasteiger partial charge on any atom is -0.497 e. The van der Waals surface area contributed by atoms with Crippen LogP contribution in [0.3, 0.4) is 0 Å². The third-order valence-electron chi connectivity index (χ3n) is 5.42. The SMILES string of the molecule is COc1ccc(-n2c(SCC(=O)N/N=C/c3cc(OC)c(OC)c(OC)c3)nnc2-c2ccccc2)cc1. The molecule has 0 saturated carbocycles. The Kier molecular flexibility index (Phi) is 8.83. The van der Waals surface area contributed by atoms with Gasteiger partial charge in [0, 0.05) is 16.8 Å². The van der Waals surface area contributed by atoms with Crippen LogP contribution in [-0.2, 0) is 4.79 Å². The average Bonchev–Trinajstić information content (AvgIpc) is 3.40. The molecule has 0 unspecified atom stereocenters. The van der Waals surface area contributed by atoms with E-state index in [0.29, 0.717) is 33.8 Å². The second-order valence-corrected chi connectivity index (χ2v) is 8.69. The van der Waals surface area contributed by atoms with E-state index in [2.05, 4.69) is 20.7 Å². The summed E-state index contributed by atoms with van der Waals surface area (Å²) in [7, 11) is 6.22. The predicted molar refractivity (Wildman–Crippen MR) is 146 cm³/mol. The summed E-state index contributed by atoms with van der Waals surface area (Å²) in [6.45, 7) is 0. The van der Waals surface area contributed by atoms with Crippen molar-refractivity contribution in [2.45, 2.75) is 5.16 Å². The summed E-state index contributed by atoms with van der Waals surface area (Å²) < 4.78 is 23.2. The van der Waals surface area contributed by atoms with Gasteiger partial charge in [-0.15, -0.1) is 10.2 Å². The molecule has 0 bridgehead atoms. The molecule has 38 heavy (non-hydrogen) atoms. The molecule has 1 amide bonds. The molecule has 0 fully saturated rings. The van der Waals surface area contributed by atoms with E-state index in [-0.39, 0.29) is 11.7 Å². The first-order valence-corrected chi connectivity index (χ1v) is 12.5. The van der Waals surface area contributed by atoms with Crippen molar-refractivity contribution in [3.63, 3.8) is 0 Å². The number of ether oxygens (including phenoxy) is 4. The summed E-state index contributed by atoms with van der Waals surface area (Å²) in [5.41, 5.74) is 4.96. The Balaban J connectivity index is 1.49. The van der Waals surface area contributed by atoms with Gasteiger partial charge in [0.1, 0.15) is 5.75 Å². The monoisotopic (exact) mass is 533 g/mol. The molecule has 11 heteroatoms. The molecule has 10 nitrogen and oxygen atoms in total. The number of carbonyl (C=O) groups is 1. The smallest absolute Gasteiger partial charge is 0.250 e. The largest absolute Gasteiger partial charge is 0.497 e. The molecule has 4 aromatic rings. The Hall–Kier alpha value is -4.51. The van der Waals surface area contributed by atoms with Crippen LogP contribution in [0.5, 0.6) is 23.0 Å². The number of aromatic nitrogens is 3. The fourth-order valence-electron chi connectivity index (χ4n) is 3.62. The van der Waals surface area contributed by atoms with Crippen LogP contribution in [0, 0.1) is 0 Å². The quantitative estimate of drug-likeness (QED) is 0.174. The summed E-state index contributed by atoms with van der Waals surface area (Å²) >= 11 is 1.25. The Morgan fingerprint density at radius 1 is 0.921 bits per heavy atom. The van der Waals surface area contributed by atoms with Crippen molar-refractivity contribution < 1.29 is 23.7 Å². The molecule has 1 aromatic heterocycles. The van der Waals surface area contributed by atoms with Crippen LogP contribution in [-0.4, -0.2) is 61.1 Å². The molecule has 1 heterocycles. The van der Waals surface area contributed by atoms with Gasteiger partial charge in [-0.25, -0.2) is 5.43 Å². The highest BCUT2D eigenvalue weighted by Gasteiger charge is 2.17. The molecule has 0 aliphatic carbocycles. The molecule has 3 aromatic carbocycles. The van der Waals surface area contributed by atoms with Gasteiger partial charge in [0.2, 0.25) is 5.75 Å². The van der Waals surface area contributed by atoms with Crippen molar-refractivity contribution in [3.05, 3.63) is 72.3 Å². The molecule has 0 spiro atoms. The lowest BCUT2D eigenvalue weighted by Crippen LogP contribution is -2.20. The van der Waals surface area contributed by atoms with E-state index < -0.39 is 0 Å². The number of methoxy groups -OCH3 is 4. The number of benzene rings is 3. The highest BCUT2D eigenvalue weighted by molar-refractivity contribution is 7.99. The zero-order valence-electron chi connectivity index (χ0n) is 21.4. The summed E-state index contributed by atoms with van der Waals surface area (Å²) in [6.07, 6.45) is 1.50. The second kappa shape index (κ2) is 12.6. The van der Waals surface area contributed by atoms with Crippen LogP contribution in [0.2, 0.25) is 0 Å². The lowest BCUT2D eigenvalue weighted by molar-refractivity contribution is -0.118. The topological polar surface area (TPSA) is 109 Å². The van der Waals surface area contributed by atoms with Gasteiger partial charge in [-0.05, 0) is 36.4 Å². The van der Waals surface area contributed by atoms with Crippen LogP contribution < -0.4 is 24.4 Å². The minimum atomic E-state index is -0.302. The van der Waals surface area contributed by atoms with Crippen molar-refractivity contribution in [1.29, 1.82) is 0 Å². The Bertz CT molecular complexity index is 1380. The molecule has 0 aliphatic rings. The predicted octanol–water partition coefficient (Wildman–Crippen LogP) is 4.21. The summed E-state index contributed by atoms with van der Waals surface area (Å²) in [6, 6.07) is 20.8. The standard InChI is InChI=1S/C27H27N5O5S/c1-34-21-12-10-20(11-13-21)32-26(19-8-6-5-7-9-19)30-31-27(32)38-17-24(33)29-28-16-18-14-22(35-2)25(37-4)23(15-18)36-3/h5-16H,17H2,1-4H3,(H,29,33)/b28-16+. The number of carbonyl (C=O) groups excluding carboxylic acids is 1. The maximum atomic E-state index is 12.6. The van der Waals surface area contributed by atoms with Crippen LogP contribution >= 0.6 is 11.8 Å². The van der Waals surface area contributed by atoms with E-state index in [0.717, 1.165) is 17.0 Å². The number of hydrogen-bond acceptors (Lipinski definition) is 9. The molecule has 0 saturated heterocycles. The molecule has 0 aliphatic heterocycles. The van der Waals surface area contributed by atoms with Crippen LogP contribution in [0.4, 0.5) is 0 Å². The lowest BCUT2D eigenvalue weighted by atomic mass is 10.2. The third kappa shape index (κ3) is 6.06. The van der Waals surface area contributed by atoms with Gasteiger partial charge >= 0.3 is 0 Å². The Morgan fingerprint density at radius 2 is 1.61 bits per heavy atom. The van der Waals surface area contributed by atoms with E-state index in [1.165, 1.54) is 39.3 Å². The van der Waals surface area contributed by atoms with Crippen molar-refractivity contribution in [2.75, 3.05) is 34.2 Å². The zero-order chi connectivity index (χ0) is 26.9. The molecule has 0 radical (unpaired) electrons. The van der Waals surface area contributed by atoms with Crippen LogP contribution in [0.25, 0.3) is 17.1 Å². The van der Waals surface area contributed by atoms with E-state index in [9.17, 15) is 4.79 Å². The van der Waals surface area contributed by atoms with Crippen LogP contribution in [0.15, 0.2) is 77.0 Å². The Labute approximate surface area is 224 Å². The first-order chi connectivity index (χ1) is 18.6. The lowest BCUT2D eigenvalue weighted by Gasteiger charge is -2.12. The van der Waals surface area contributed by atoms with Gasteiger partial charge in [0.15, 0.2) is 22.5 Å². The number of thioether (sulfide) groups is 1. The van der Waals surface area contributed by atoms with E-state index in [4.69, 9.17) is 18.9 Å². The van der Waals surface area contributed by atoms with Gasteiger partial charge in [-0.3, -0.25) is 9.36 Å². The molecule has 196 valence electrons. The molecule has 0 atom stereocenters. The van der Waals surface area contributed by atoms with Gasteiger partial charge in [0.25, 0.3) is 5.91 Å². The third-order valence-corrected chi connectivity index (χ3v) is 6.35. The fourth-order valence-corrected chi connectivity index (χ4v) is 4.36. The number of nitrogens with zero attached hydrogens (tertiary/aromatic N) is 4. The van der Waals surface area contributed by atoms with Crippen molar-refractivity contribution in [2.24, 2.45) is 5.10 Å².